The van der Waals surface area contributed by atoms with Crippen LogP contribution < -0.4 is 15.8 Å². The van der Waals surface area contributed by atoms with E-state index in [-0.39, 0.29) is 30.1 Å². The van der Waals surface area contributed by atoms with Gasteiger partial charge in [0.25, 0.3) is 0 Å². The van der Waals surface area contributed by atoms with Crippen LogP contribution >= 0.6 is 24.0 Å². The number of H-pyrrole nitrogens is 1. The Morgan fingerprint density at radius 2 is 1.88 bits per heavy atom. The van der Waals surface area contributed by atoms with E-state index in [1.807, 2.05) is 56.3 Å². The van der Waals surface area contributed by atoms with Crippen molar-refractivity contribution in [1.29, 1.82) is 0 Å². The predicted molar refractivity (Wildman–Crippen MR) is 115 cm³/mol. The lowest BCUT2D eigenvalue weighted by atomic mass is 10.2. The average molecular weight is 450 g/mol. The van der Waals surface area contributed by atoms with Crippen molar-refractivity contribution in [3.05, 3.63) is 60.3 Å². The zero-order valence-electron chi connectivity index (χ0n) is 14.3. The van der Waals surface area contributed by atoms with Crippen LogP contribution in [0.3, 0.4) is 0 Å². The van der Waals surface area contributed by atoms with Gasteiger partial charge in [-0.25, -0.2) is 4.99 Å². The number of rotatable bonds is 5. The Bertz CT molecular complexity index is 807. The SMILES string of the molecule is CC(C)Oc1ccc(NC(N)=NCc2cc3ccccc3[nH]2)cc1.I. The Morgan fingerprint density at radius 3 is 2.56 bits per heavy atom. The summed E-state index contributed by atoms with van der Waals surface area (Å²) in [6.07, 6.45) is 0.159. The molecule has 0 radical (unpaired) electrons. The molecule has 132 valence electrons. The van der Waals surface area contributed by atoms with E-state index in [0.29, 0.717) is 12.5 Å². The van der Waals surface area contributed by atoms with Gasteiger partial charge < -0.3 is 20.8 Å². The van der Waals surface area contributed by atoms with Crippen molar-refractivity contribution in [1.82, 2.24) is 4.98 Å². The maximum Gasteiger partial charge on any atom is 0.193 e. The molecule has 2 aromatic carbocycles. The van der Waals surface area contributed by atoms with Gasteiger partial charge in [0.15, 0.2) is 5.96 Å². The molecule has 4 N–H and O–H groups in total. The molecule has 0 bridgehead atoms. The van der Waals surface area contributed by atoms with E-state index in [9.17, 15) is 0 Å². The highest BCUT2D eigenvalue weighted by Crippen LogP contribution is 2.17. The van der Waals surface area contributed by atoms with Gasteiger partial charge in [0.2, 0.25) is 0 Å². The smallest absolute Gasteiger partial charge is 0.193 e. The highest BCUT2D eigenvalue weighted by molar-refractivity contribution is 14.0. The second kappa shape index (κ2) is 8.75. The van der Waals surface area contributed by atoms with Crippen molar-refractivity contribution in [3.8, 4) is 5.75 Å². The van der Waals surface area contributed by atoms with E-state index in [4.69, 9.17) is 10.5 Å². The minimum Gasteiger partial charge on any atom is -0.491 e. The van der Waals surface area contributed by atoms with Gasteiger partial charge in [-0.2, -0.15) is 0 Å². The van der Waals surface area contributed by atoms with Crippen LogP contribution in [0, 0.1) is 0 Å². The van der Waals surface area contributed by atoms with E-state index in [1.54, 1.807) is 0 Å². The largest absolute Gasteiger partial charge is 0.491 e. The van der Waals surface area contributed by atoms with Crippen LogP contribution in [0.1, 0.15) is 19.5 Å². The molecule has 0 aliphatic carbocycles. The minimum atomic E-state index is 0. The quantitative estimate of drug-likeness (QED) is 0.305. The summed E-state index contributed by atoms with van der Waals surface area (Å²) < 4.78 is 5.61. The maximum absolute atomic E-state index is 5.96. The van der Waals surface area contributed by atoms with Crippen LogP contribution in [0.2, 0.25) is 0 Å². The summed E-state index contributed by atoms with van der Waals surface area (Å²) in [4.78, 5) is 7.71. The van der Waals surface area contributed by atoms with Crippen LogP contribution in [0.5, 0.6) is 5.75 Å². The third kappa shape index (κ3) is 5.38. The number of benzene rings is 2. The molecule has 0 amide bonds. The molecular formula is C19H23IN4O. The number of hydrogen-bond acceptors (Lipinski definition) is 2. The molecule has 6 heteroatoms. The third-order valence-electron chi connectivity index (χ3n) is 3.50. The number of anilines is 1. The summed E-state index contributed by atoms with van der Waals surface area (Å²) in [5.74, 6) is 1.22. The Labute approximate surface area is 164 Å². The average Bonchev–Trinajstić information content (AvgIpc) is 2.97. The normalized spacial score (nSPS) is 11.4. The first-order valence-corrected chi connectivity index (χ1v) is 8.00. The van der Waals surface area contributed by atoms with Crippen LogP contribution in [-0.4, -0.2) is 17.0 Å². The first-order valence-electron chi connectivity index (χ1n) is 8.00. The van der Waals surface area contributed by atoms with Crippen molar-refractivity contribution in [2.24, 2.45) is 10.7 Å². The second-order valence-electron chi connectivity index (χ2n) is 5.90. The number of nitrogens with two attached hydrogens (primary N) is 1. The lowest BCUT2D eigenvalue weighted by Gasteiger charge is -2.10. The van der Waals surface area contributed by atoms with Gasteiger partial charge in [0, 0.05) is 16.9 Å². The van der Waals surface area contributed by atoms with Gasteiger partial charge in [-0.05, 0) is 55.6 Å². The molecule has 1 heterocycles. The fourth-order valence-corrected chi connectivity index (χ4v) is 2.47. The Balaban J connectivity index is 0.00000225. The van der Waals surface area contributed by atoms with Gasteiger partial charge in [0.05, 0.1) is 12.6 Å². The molecule has 0 saturated carbocycles. The number of nitrogens with one attached hydrogen (secondary N) is 2. The lowest BCUT2D eigenvalue weighted by Crippen LogP contribution is -2.22. The van der Waals surface area contributed by atoms with Crippen LogP contribution in [0.15, 0.2) is 59.6 Å². The number of aromatic amines is 1. The number of nitrogens with zero attached hydrogens (tertiary/aromatic N) is 1. The van der Waals surface area contributed by atoms with E-state index >= 15 is 0 Å². The van der Waals surface area contributed by atoms with Gasteiger partial charge in [-0.15, -0.1) is 24.0 Å². The molecule has 0 unspecified atom stereocenters. The molecular weight excluding hydrogens is 427 g/mol. The third-order valence-corrected chi connectivity index (χ3v) is 3.50. The molecule has 0 aliphatic rings. The van der Waals surface area contributed by atoms with Gasteiger partial charge in [0.1, 0.15) is 5.75 Å². The first kappa shape index (κ1) is 19.1. The number of aliphatic imine (C=N–C) groups is 1. The van der Waals surface area contributed by atoms with Gasteiger partial charge >= 0.3 is 0 Å². The molecule has 0 saturated heterocycles. The van der Waals surface area contributed by atoms with Crippen molar-refractivity contribution in [2.75, 3.05) is 5.32 Å². The molecule has 0 aliphatic heterocycles. The van der Waals surface area contributed by atoms with Crippen molar-refractivity contribution in [3.63, 3.8) is 0 Å². The number of halogens is 1. The van der Waals surface area contributed by atoms with Crippen LogP contribution in [0.4, 0.5) is 5.69 Å². The summed E-state index contributed by atoms with van der Waals surface area (Å²) in [5.41, 5.74) is 8.97. The zero-order chi connectivity index (χ0) is 16.9. The van der Waals surface area contributed by atoms with Crippen molar-refractivity contribution in [2.45, 2.75) is 26.5 Å². The number of fused-ring (bicyclic) bond motifs is 1. The molecule has 3 aromatic rings. The minimum absolute atomic E-state index is 0. The molecule has 1 aromatic heterocycles. The molecule has 0 fully saturated rings. The zero-order valence-corrected chi connectivity index (χ0v) is 16.7. The van der Waals surface area contributed by atoms with Gasteiger partial charge in [-0.1, -0.05) is 18.2 Å². The van der Waals surface area contributed by atoms with Crippen LogP contribution in [0.25, 0.3) is 10.9 Å². The van der Waals surface area contributed by atoms with E-state index in [1.165, 1.54) is 5.39 Å². The Hall–Kier alpha value is -2.22. The summed E-state index contributed by atoms with van der Waals surface area (Å²) in [6.45, 7) is 4.50. The molecule has 0 spiro atoms. The topological polar surface area (TPSA) is 75.4 Å². The number of ether oxygens (including phenoxy) is 1. The summed E-state index contributed by atoms with van der Waals surface area (Å²) in [6, 6.07) is 17.9. The lowest BCUT2D eigenvalue weighted by molar-refractivity contribution is 0.242. The van der Waals surface area contributed by atoms with E-state index in [0.717, 1.165) is 22.6 Å². The fraction of sp³-hybridized carbons (Fsp3) is 0.211. The number of aromatic nitrogens is 1. The number of guanidine groups is 1. The van der Waals surface area contributed by atoms with Crippen molar-refractivity contribution < 1.29 is 4.74 Å². The van der Waals surface area contributed by atoms with Gasteiger partial charge in [-0.3, -0.25) is 0 Å². The molecule has 0 atom stereocenters. The highest BCUT2D eigenvalue weighted by atomic mass is 127. The fourth-order valence-electron chi connectivity index (χ4n) is 2.47. The van der Waals surface area contributed by atoms with E-state index in [2.05, 4.69) is 27.4 Å². The standard InChI is InChI=1S/C19H22N4O.HI/c1-13(2)24-17-9-7-15(8-10-17)23-19(20)21-12-16-11-14-5-3-4-6-18(14)22-16;/h3-11,13,22H,12H2,1-2H3,(H3,20,21,23);1H. The van der Waals surface area contributed by atoms with Crippen LogP contribution in [-0.2, 0) is 6.54 Å². The maximum atomic E-state index is 5.96. The number of hydrogen-bond donors (Lipinski definition) is 3. The summed E-state index contributed by atoms with van der Waals surface area (Å²) in [5, 5.41) is 4.26. The summed E-state index contributed by atoms with van der Waals surface area (Å²) in [7, 11) is 0. The summed E-state index contributed by atoms with van der Waals surface area (Å²) >= 11 is 0. The Morgan fingerprint density at radius 1 is 1.16 bits per heavy atom. The first-order chi connectivity index (χ1) is 11.6. The van der Waals surface area contributed by atoms with Crippen molar-refractivity contribution >= 4 is 46.5 Å². The number of para-hydroxylation sites is 1. The molecule has 5 nitrogen and oxygen atoms in total. The molecule has 3 rings (SSSR count). The predicted octanol–water partition coefficient (Wildman–Crippen LogP) is 4.50. The highest BCUT2D eigenvalue weighted by Gasteiger charge is 2.01. The second-order valence-corrected chi connectivity index (χ2v) is 5.90. The monoisotopic (exact) mass is 450 g/mol. The van der Waals surface area contributed by atoms with E-state index < -0.39 is 0 Å². The Kier molecular flexibility index (Phi) is 6.69. The molecule has 25 heavy (non-hydrogen) atoms.